The van der Waals surface area contributed by atoms with Gasteiger partial charge in [0.05, 0.1) is 15.9 Å². The number of rotatable bonds is 4. The topological polar surface area (TPSA) is 86.7 Å². The van der Waals surface area contributed by atoms with Crippen molar-refractivity contribution in [2.24, 2.45) is 0 Å². The summed E-state index contributed by atoms with van der Waals surface area (Å²) in [6, 6.07) is 5.28. The fraction of sp³-hybridized carbons (Fsp3) is 0.300. The van der Waals surface area contributed by atoms with E-state index in [9.17, 15) is 10.1 Å². The number of hydrogen-bond donors (Lipinski definition) is 0. The fourth-order valence-corrected chi connectivity index (χ4v) is 2.90. The SMILES string of the molecule is O=[N+]([O-])c1cc(Br)ccc1Sc1nnnn1C1CC1. The van der Waals surface area contributed by atoms with Crippen LogP contribution in [0.2, 0.25) is 0 Å². The lowest BCUT2D eigenvalue weighted by Gasteiger charge is -2.03. The summed E-state index contributed by atoms with van der Waals surface area (Å²) in [5, 5.41) is 23.1. The van der Waals surface area contributed by atoms with Gasteiger partial charge in [0, 0.05) is 10.5 Å². The lowest BCUT2D eigenvalue weighted by molar-refractivity contribution is -0.387. The molecule has 0 bridgehead atoms. The van der Waals surface area contributed by atoms with E-state index < -0.39 is 4.92 Å². The number of nitro groups is 1. The van der Waals surface area contributed by atoms with E-state index in [2.05, 4.69) is 31.5 Å². The molecule has 0 radical (unpaired) electrons. The van der Waals surface area contributed by atoms with Crippen LogP contribution in [0.4, 0.5) is 5.69 Å². The number of nitrogens with zero attached hydrogens (tertiary/aromatic N) is 5. The van der Waals surface area contributed by atoms with Crippen LogP contribution in [0.5, 0.6) is 0 Å². The molecule has 7 nitrogen and oxygen atoms in total. The summed E-state index contributed by atoms with van der Waals surface area (Å²) < 4.78 is 2.40. The van der Waals surface area contributed by atoms with Gasteiger partial charge in [-0.15, -0.1) is 5.10 Å². The molecule has 0 spiro atoms. The van der Waals surface area contributed by atoms with E-state index in [1.165, 1.54) is 17.8 Å². The van der Waals surface area contributed by atoms with Crippen molar-refractivity contribution < 1.29 is 4.92 Å². The molecule has 0 aliphatic heterocycles. The van der Waals surface area contributed by atoms with Crippen molar-refractivity contribution in [3.05, 3.63) is 32.8 Å². The summed E-state index contributed by atoms with van der Waals surface area (Å²) in [5.41, 5.74) is 0.0460. The summed E-state index contributed by atoms with van der Waals surface area (Å²) in [4.78, 5) is 11.2. The van der Waals surface area contributed by atoms with Gasteiger partial charge in [-0.1, -0.05) is 15.9 Å². The van der Waals surface area contributed by atoms with Gasteiger partial charge in [-0.05, 0) is 47.2 Å². The summed E-state index contributed by atoms with van der Waals surface area (Å²) in [7, 11) is 0. The quantitative estimate of drug-likeness (QED) is 0.627. The van der Waals surface area contributed by atoms with Crippen LogP contribution in [0, 0.1) is 10.1 Å². The molecule has 98 valence electrons. The molecule has 1 fully saturated rings. The average Bonchev–Trinajstić information content (AvgIpc) is 3.12. The molecule has 3 rings (SSSR count). The molecule has 1 heterocycles. The minimum atomic E-state index is -0.404. The summed E-state index contributed by atoms with van der Waals surface area (Å²) in [5.74, 6) is 0. The Bertz CT molecular complexity index is 643. The van der Waals surface area contributed by atoms with Crippen LogP contribution in [-0.4, -0.2) is 25.1 Å². The first kappa shape index (κ1) is 12.5. The molecule has 1 saturated carbocycles. The molecule has 0 unspecified atom stereocenters. The van der Waals surface area contributed by atoms with E-state index in [-0.39, 0.29) is 5.69 Å². The van der Waals surface area contributed by atoms with Gasteiger partial charge in [-0.3, -0.25) is 10.1 Å². The van der Waals surface area contributed by atoms with E-state index in [4.69, 9.17) is 0 Å². The Morgan fingerprint density at radius 2 is 2.26 bits per heavy atom. The second-order valence-corrected chi connectivity index (χ2v) is 6.03. The van der Waals surface area contributed by atoms with Gasteiger partial charge >= 0.3 is 0 Å². The molecule has 9 heteroatoms. The maximum absolute atomic E-state index is 11.0. The van der Waals surface area contributed by atoms with Gasteiger partial charge in [-0.2, -0.15) is 0 Å². The third-order valence-corrected chi connectivity index (χ3v) is 4.18. The monoisotopic (exact) mass is 341 g/mol. The summed E-state index contributed by atoms with van der Waals surface area (Å²) in [6.07, 6.45) is 2.11. The highest BCUT2D eigenvalue weighted by atomic mass is 79.9. The van der Waals surface area contributed by atoms with Crippen LogP contribution in [0.1, 0.15) is 18.9 Å². The second kappa shape index (κ2) is 4.89. The van der Waals surface area contributed by atoms with Gasteiger partial charge < -0.3 is 0 Å². The Hall–Kier alpha value is -1.48. The Kier molecular flexibility index (Phi) is 3.23. The predicted molar refractivity (Wildman–Crippen MR) is 71.0 cm³/mol. The van der Waals surface area contributed by atoms with Crippen molar-refractivity contribution in [3.63, 3.8) is 0 Å². The van der Waals surface area contributed by atoms with Crippen molar-refractivity contribution >= 4 is 33.4 Å². The van der Waals surface area contributed by atoms with E-state index in [0.717, 1.165) is 12.8 Å². The number of aromatic nitrogens is 4. The minimum Gasteiger partial charge on any atom is -0.258 e. The molecule has 2 aromatic rings. The van der Waals surface area contributed by atoms with Crippen LogP contribution in [0.25, 0.3) is 0 Å². The maximum Gasteiger partial charge on any atom is 0.284 e. The molecule has 19 heavy (non-hydrogen) atoms. The highest BCUT2D eigenvalue weighted by molar-refractivity contribution is 9.10. The molecular formula is C10H8BrN5O2S. The highest BCUT2D eigenvalue weighted by Gasteiger charge is 2.29. The number of benzene rings is 1. The Balaban J connectivity index is 1.94. The number of halogens is 1. The van der Waals surface area contributed by atoms with E-state index in [0.29, 0.717) is 20.6 Å². The first-order valence-corrected chi connectivity index (χ1v) is 7.16. The molecule has 1 aliphatic rings. The van der Waals surface area contributed by atoms with Gasteiger partial charge in [-0.25, -0.2) is 4.68 Å². The fourth-order valence-electron chi connectivity index (χ4n) is 1.62. The van der Waals surface area contributed by atoms with E-state index >= 15 is 0 Å². The zero-order valence-corrected chi connectivity index (χ0v) is 12.0. The first-order chi connectivity index (χ1) is 9.15. The van der Waals surface area contributed by atoms with Crippen LogP contribution in [-0.2, 0) is 0 Å². The Labute approximate surface area is 120 Å². The molecule has 1 aliphatic carbocycles. The summed E-state index contributed by atoms with van der Waals surface area (Å²) >= 11 is 4.45. The standard InChI is InChI=1S/C10H8BrN5O2S/c11-6-1-4-9(8(5-6)16(17)18)19-10-12-13-14-15(10)7-2-3-7/h1,4-5,7H,2-3H2. The van der Waals surface area contributed by atoms with Crippen molar-refractivity contribution in [2.75, 3.05) is 0 Å². The average molecular weight is 342 g/mol. The van der Waals surface area contributed by atoms with Gasteiger partial charge in [0.25, 0.3) is 5.69 Å². The zero-order valence-electron chi connectivity index (χ0n) is 9.56. The number of nitro benzene ring substituents is 1. The maximum atomic E-state index is 11.0. The largest absolute Gasteiger partial charge is 0.284 e. The first-order valence-electron chi connectivity index (χ1n) is 5.55. The van der Waals surface area contributed by atoms with Crippen LogP contribution in [0.15, 0.2) is 32.7 Å². The molecule has 0 saturated heterocycles. The predicted octanol–water partition coefficient (Wildman–Crippen LogP) is 2.83. The smallest absolute Gasteiger partial charge is 0.258 e. The van der Waals surface area contributed by atoms with Crippen LogP contribution >= 0.6 is 27.7 Å². The van der Waals surface area contributed by atoms with E-state index in [1.54, 1.807) is 16.8 Å². The van der Waals surface area contributed by atoms with Crippen molar-refractivity contribution in [1.82, 2.24) is 20.2 Å². The van der Waals surface area contributed by atoms with Crippen molar-refractivity contribution in [1.29, 1.82) is 0 Å². The number of tetrazole rings is 1. The Morgan fingerprint density at radius 3 is 2.95 bits per heavy atom. The third-order valence-electron chi connectivity index (χ3n) is 2.67. The lowest BCUT2D eigenvalue weighted by atomic mass is 10.3. The van der Waals surface area contributed by atoms with Gasteiger partial charge in [0.1, 0.15) is 0 Å². The Morgan fingerprint density at radius 1 is 1.47 bits per heavy atom. The lowest BCUT2D eigenvalue weighted by Crippen LogP contribution is -1.99. The van der Waals surface area contributed by atoms with Crippen LogP contribution in [0.3, 0.4) is 0 Å². The normalized spacial score (nSPS) is 14.6. The zero-order chi connectivity index (χ0) is 13.4. The number of hydrogen-bond acceptors (Lipinski definition) is 6. The molecular weight excluding hydrogens is 334 g/mol. The van der Waals surface area contributed by atoms with Crippen LogP contribution < -0.4 is 0 Å². The van der Waals surface area contributed by atoms with Crippen molar-refractivity contribution in [2.45, 2.75) is 28.9 Å². The summed E-state index contributed by atoms with van der Waals surface area (Å²) in [6.45, 7) is 0. The molecule has 1 aromatic carbocycles. The minimum absolute atomic E-state index is 0.0460. The molecule has 0 atom stereocenters. The highest BCUT2D eigenvalue weighted by Crippen LogP contribution is 2.40. The van der Waals surface area contributed by atoms with Gasteiger partial charge in [0.2, 0.25) is 5.16 Å². The van der Waals surface area contributed by atoms with E-state index in [1.807, 2.05) is 0 Å². The molecule has 1 aromatic heterocycles. The molecule has 0 amide bonds. The van der Waals surface area contributed by atoms with Crippen molar-refractivity contribution in [3.8, 4) is 0 Å². The molecule has 0 N–H and O–H groups in total. The second-order valence-electron chi connectivity index (χ2n) is 4.11. The van der Waals surface area contributed by atoms with Gasteiger partial charge in [0.15, 0.2) is 0 Å². The third kappa shape index (κ3) is 2.61.